The lowest BCUT2D eigenvalue weighted by molar-refractivity contribution is 0.0600. The topological polar surface area (TPSA) is 50.4 Å². The van der Waals surface area contributed by atoms with Gasteiger partial charge in [-0.2, -0.15) is 0 Å². The van der Waals surface area contributed by atoms with Crippen LogP contribution < -0.4 is 10.6 Å². The monoisotopic (exact) mass is 382 g/mol. The number of carbonyl (C=O) groups is 1. The summed E-state index contributed by atoms with van der Waals surface area (Å²) in [5.74, 6) is -0.386. The Morgan fingerprint density at radius 1 is 1.25 bits per heavy atom. The molecule has 2 rings (SSSR count). The first-order valence-corrected chi connectivity index (χ1v) is 8.25. The van der Waals surface area contributed by atoms with Crippen molar-refractivity contribution in [1.29, 1.82) is 0 Å². The number of anilines is 1. The Balaban J connectivity index is 2.03. The number of hydrogen-bond acceptors (Lipinski definition) is 3. The summed E-state index contributed by atoms with van der Waals surface area (Å²) in [6.07, 6.45) is 0. The summed E-state index contributed by atoms with van der Waals surface area (Å²) in [6.45, 7) is 2.28. The minimum absolute atomic E-state index is 0.386. The molecule has 0 unspecified atom stereocenters. The second-order valence-corrected chi connectivity index (χ2v) is 6.27. The molecule has 126 valence electrons. The van der Waals surface area contributed by atoms with Gasteiger partial charge < -0.3 is 15.4 Å². The number of thiocarbonyl (C=S) groups is 1. The molecule has 0 amide bonds. The quantitative estimate of drug-likeness (QED) is 0.598. The Bertz CT molecular complexity index is 781. The summed E-state index contributed by atoms with van der Waals surface area (Å²) in [7, 11) is 1.35. The molecule has 24 heavy (non-hydrogen) atoms. The average molecular weight is 383 g/mol. The molecule has 0 heterocycles. The Morgan fingerprint density at radius 2 is 2.00 bits per heavy atom. The zero-order valence-corrected chi connectivity index (χ0v) is 15.5. The highest BCUT2D eigenvalue weighted by Crippen LogP contribution is 2.21. The fourth-order valence-electron chi connectivity index (χ4n) is 2.11. The molecule has 0 radical (unpaired) electrons. The highest BCUT2D eigenvalue weighted by atomic mass is 35.5. The van der Waals surface area contributed by atoms with Crippen molar-refractivity contribution in [2.75, 3.05) is 12.4 Å². The van der Waals surface area contributed by atoms with Crippen molar-refractivity contribution in [1.82, 2.24) is 5.32 Å². The van der Waals surface area contributed by atoms with Crippen LogP contribution in [0.4, 0.5) is 5.69 Å². The zero-order valence-electron chi connectivity index (χ0n) is 13.2. The standard InChI is InChI=1S/C17H16Cl2N2O2S/c1-10-13(16(22)23-2)4-3-5-15(10)21-17(24)20-9-11-6-7-12(18)8-14(11)19/h3-8H,9H2,1-2H3,(H2,20,21,24). The van der Waals surface area contributed by atoms with E-state index in [1.807, 2.05) is 19.1 Å². The highest BCUT2D eigenvalue weighted by Gasteiger charge is 2.12. The van der Waals surface area contributed by atoms with Crippen molar-refractivity contribution >= 4 is 52.2 Å². The van der Waals surface area contributed by atoms with Gasteiger partial charge in [0.05, 0.1) is 12.7 Å². The second kappa shape index (κ2) is 8.33. The first kappa shape index (κ1) is 18.5. The lowest BCUT2D eigenvalue weighted by Gasteiger charge is -2.14. The third-order valence-corrected chi connectivity index (χ3v) is 4.28. The summed E-state index contributed by atoms with van der Waals surface area (Å²) in [6, 6.07) is 10.6. The van der Waals surface area contributed by atoms with E-state index in [-0.39, 0.29) is 5.97 Å². The Hall–Kier alpha value is -1.82. The zero-order chi connectivity index (χ0) is 17.7. The van der Waals surface area contributed by atoms with E-state index in [1.165, 1.54) is 7.11 Å². The van der Waals surface area contributed by atoms with Crippen molar-refractivity contribution in [3.63, 3.8) is 0 Å². The van der Waals surface area contributed by atoms with Gasteiger partial charge in [0.25, 0.3) is 0 Å². The number of halogens is 2. The van der Waals surface area contributed by atoms with Crippen LogP contribution in [-0.2, 0) is 11.3 Å². The number of benzene rings is 2. The SMILES string of the molecule is COC(=O)c1cccc(NC(=S)NCc2ccc(Cl)cc2Cl)c1C. The normalized spacial score (nSPS) is 10.2. The van der Waals surface area contributed by atoms with E-state index in [9.17, 15) is 4.79 Å². The van der Waals surface area contributed by atoms with Gasteiger partial charge in [-0.15, -0.1) is 0 Å². The molecule has 0 bridgehead atoms. The maximum Gasteiger partial charge on any atom is 0.338 e. The van der Waals surface area contributed by atoms with Gasteiger partial charge in [-0.3, -0.25) is 0 Å². The van der Waals surface area contributed by atoms with Crippen LogP contribution in [0.15, 0.2) is 36.4 Å². The first-order valence-electron chi connectivity index (χ1n) is 7.09. The van der Waals surface area contributed by atoms with E-state index in [2.05, 4.69) is 10.6 Å². The Labute approximate surface area is 156 Å². The van der Waals surface area contributed by atoms with Crippen molar-refractivity contribution < 1.29 is 9.53 Å². The molecule has 0 aliphatic carbocycles. The van der Waals surface area contributed by atoms with Crippen molar-refractivity contribution in [3.8, 4) is 0 Å². The molecule has 2 aromatic rings. The fraction of sp³-hybridized carbons (Fsp3) is 0.176. The molecular weight excluding hydrogens is 367 g/mol. The number of nitrogens with one attached hydrogen (secondary N) is 2. The molecule has 0 aliphatic rings. The minimum Gasteiger partial charge on any atom is -0.465 e. The molecule has 0 aliphatic heterocycles. The Morgan fingerprint density at radius 3 is 2.67 bits per heavy atom. The molecular formula is C17H16Cl2N2O2S. The molecule has 7 heteroatoms. The van der Waals surface area contributed by atoms with Crippen LogP contribution in [0.25, 0.3) is 0 Å². The molecule has 0 aromatic heterocycles. The lowest BCUT2D eigenvalue weighted by atomic mass is 10.1. The van der Waals surface area contributed by atoms with Crippen molar-refractivity contribution in [3.05, 3.63) is 63.1 Å². The van der Waals surface area contributed by atoms with Crippen LogP contribution in [0.1, 0.15) is 21.5 Å². The van der Waals surface area contributed by atoms with Crippen LogP contribution in [0.5, 0.6) is 0 Å². The van der Waals surface area contributed by atoms with E-state index < -0.39 is 0 Å². The van der Waals surface area contributed by atoms with Gasteiger partial charge in [-0.25, -0.2) is 4.79 Å². The highest BCUT2D eigenvalue weighted by molar-refractivity contribution is 7.80. The number of rotatable bonds is 4. The second-order valence-electron chi connectivity index (χ2n) is 5.01. The van der Waals surface area contributed by atoms with Gasteiger partial charge in [0.1, 0.15) is 0 Å². The number of hydrogen-bond donors (Lipinski definition) is 2. The molecule has 0 saturated heterocycles. The van der Waals surface area contributed by atoms with E-state index in [1.54, 1.807) is 24.3 Å². The lowest BCUT2D eigenvalue weighted by Crippen LogP contribution is -2.28. The summed E-state index contributed by atoms with van der Waals surface area (Å²) in [4.78, 5) is 11.7. The van der Waals surface area contributed by atoms with Gasteiger partial charge in [-0.05, 0) is 54.5 Å². The van der Waals surface area contributed by atoms with Gasteiger partial charge in [0.2, 0.25) is 0 Å². The van der Waals surface area contributed by atoms with E-state index in [4.69, 9.17) is 40.2 Å². The molecule has 0 spiro atoms. The number of carbonyl (C=O) groups excluding carboxylic acids is 1. The minimum atomic E-state index is -0.386. The van der Waals surface area contributed by atoms with Crippen LogP contribution in [-0.4, -0.2) is 18.2 Å². The smallest absolute Gasteiger partial charge is 0.338 e. The molecule has 0 saturated carbocycles. The molecule has 2 aromatic carbocycles. The van der Waals surface area contributed by atoms with Gasteiger partial charge in [0, 0.05) is 22.3 Å². The maximum absolute atomic E-state index is 11.7. The Kier molecular flexibility index (Phi) is 6.43. The molecule has 0 atom stereocenters. The predicted octanol–water partition coefficient (Wildman–Crippen LogP) is 4.58. The number of esters is 1. The summed E-state index contributed by atoms with van der Waals surface area (Å²) in [5.41, 5.74) is 2.87. The largest absolute Gasteiger partial charge is 0.465 e. The summed E-state index contributed by atoms with van der Waals surface area (Å²) < 4.78 is 4.76. The number of methoxy groups -OCH3 is 1. The van der Waals surface area contributed by atoms with Crippen LogP contribution in [0.2, 0.25) is 10.0 Å². The maximum atomic E-state index is 11.7. The summed E-state index contributed by atoms with van der Waals surface area (Å²) in [5, 5.41) is 7.72. The van der Waals surface area contributed by atoms with E-state index in [0.717, 1.165) is 16.8 Å². The fourth-order valence-corrected chi connectivity index (χ4v) is 2.77. The van der Waals surface area contributed by atoms with E-state index >= 15 is 0 Å². The molecule has 0 fully saturated rings. The van der Waals surface area contributed by atoms with Crippen molar-refractivity contribution in [2.24, 2.45) is 0 Å². The van der Waals surface area contributed by atoms with E-state index in [0.29, 0.717) is 27.3 Å². The average Bonchev–Trinajstić information content (AvgIpc) is 2.55. The van der Waals surface area contributed by atoms with Crippen LogP contribution >= 0.6 is 35.4 Å². The first-order chi connectivity index (χ1) is 11.4. The third-order valence-electron chi connectivity index (χ3n) is 3.44. The van der Waals surface area contributed by atoms with Gasteiger partial charge in [-0.1, -0.05) is 35.3 Å². The predicted molar refractivity (Wildman–Crippen MR) is 102 cm³/mol. The van der Waals surface area contributed by atoms with Crippen molar-refractivity contribution in [2.45, 2.75) is 13.5 Å². The molecule has 4 nitrogen and oxygen atoms in total. The van der Waals surface area contributed by atoms with Gasteiger partial charge >= 0.3 is 5.97 Å². The van der Waals surface area contributed by atoms with Gasteiger partial charge in [0.15, 0.2) is 5.11 Å². The molecule has 2 N–H and O–H groups in total. The summed E-state index contributed by atoms with van der Waals surface area (Å²) >= 11 is 17.3. The third kappa shape index (κ3) is 4.60. The van der Waals surface area contributed by atoms with Crippen LogP contribution in [0.3, 0.4) is 0 Å². The van der Waals surface area contributed by atoms with Crippen LogP contribution in [0, 0.1) is 6.92 Å². The number of ether oxygens (including phenoxy) is 1.